The summed E-state index contributed by atoms with van der Waals surface area (Å²) >= 11 is 0. The van der Waals surface area contributed by atoms with Crippen LogP contribution in [-0.2, 0) is 6.42 Å². The first-order valence-corrected chi connectivity index (χ1v) is 6.72. The van der Waals surface area contributed by atoms with Crippen molar-refractivity contribution in [1.82, 2.24) is 4.98 Å². The van der Waals surface area contributed by atoms with Crippen molar-refractivity contribution in [2.75, 3.05) is 0 Å². The lowest BCUT2D eigenvalue weighted by Gasteiger charge is -2.02. The molecule has 106 valence electrons. The summed E-state index contributed by atoms with van der Waals surface area (Å²) in [5, 5.41) is 8.98. The number of carboxylic acid groups (broad SMARTS) is 1. The fourth-order valence-corrected chi connectivity index (χ4v) is 2.27. The van der Waals surface area contributed by atoms with E-state index in [2.05, 4.69) is 37.0 Å². The van der Waals surface area contributed by atoms with Gasteiger partial charge in [-0.25, -0.2) is 9.78 Å². The standard InChI is InChI=1S/C17H15NO3/c1-10-3-4-12(7-11(10)2)8-16-18-14-9-13(17(19)20)5-6-15(14)21-16/h3-7,9H,8H2,1-2H3,(H,19,20). The predicted molar refractivity (Wildman–Crippen MR) is 79.7 cm³/mol. The molecule has 1 N–H and O–H groups in total. The number of oxazole rings is 1. The molecule has 0 fully saturated rings. The van der Waals surface area contributed by atoms with E-state index in [4.69, 9.17) is 9.52 Å². The van der Waals surface area contributed by atoms with Gasteiger partial charge in [-0.3, -0.25) is 0 Å². The molecule has 3 aromatic rings. The van der Waals surface area contributed by atoms with E-state index in [0.717, 1.165) is 5.56 Å². The molecule has 0 aliphatic heterocycles. The molecule has 0 aliphatic rings. The predicted octanol–water partition coefficient (Wildman–Crippen LogP) is 3.73. The minimum atomic E-state index is -0.962. The van der Waals surface area contributed by atoms with E-state index < -0.39 is 5.97 Å². The molecule has 0 radical (unpaired) electrons. The second-order valence-electron chi connectivity index (χ2n) is 5.19. The highest BCUT2D eigenvalue weighted by Gasteiger charge is 2.10. The Morgan fingerprint density at radius 1 is 1.14 bits per heavy atom. The first kappa shape index (κ1) is 13.4. The van der Waals surface area contributed by atoms with Gasteiger partial charge in [0, 0.05) is 6.42 Å². The zero-order valence-corrected chi connectivity index (χ0v) is 11.9. The van der Waals surface area contributed by atoms with Crippen LogP contribution in [0.1, 0.15) is 32.9 Å². The van der Waals surface area contributed by atoms with E-state index in [0.29, 0.717) is 23.4 Å². The Morgan fingerprint density at radius 2 is 1.95 bits per heavy atom. The molecule has 4 heteroatoms. The van der Waals surface area contributed by atoms with E-state index in [9.17, 15) is 4.79 Å². The summed E-state index contributed by atoms with van der Waals surface area (Å²) < 4.78 is 5.67. The monoisotopic (exact) mass is 281 g/mol. The van der Waals surface area contributed by atoms with Crippen LogP contribution >= 0.6 is 0 Å². The van der Waals surface area contributed by atoms with E-state index in [-0.39, 0.29) is 5.56 Å². The molecule has 0 atom stereocenters. The molecular formula is C17H15NO3. The zero-order chi connectivity index (χ0) is 15.0. The Morgan fingerprint density at radius 3 is 2.67 bits per heavy atom. The first-order chi connectivity index (χ1) is 10.0. The molecule has 21 heavy (non-hydrogen) atoms. The first-order valence-electron chi connectivity index (χ1n) is 6.72. The molecular weight excluding hydrogens is 266 g/mol. The van der Waals surface area contributed by atoms with Crippen LogP contribution in [0.5, 0.6) is 0 Å². The van der Waals surface area contributed by atoms with Crippen molar-refractivity contribution >= 4 is 17.1 Å². The van der Waals surface area contributed by atoms with Gasteiger partial charge in [-0.05, 0) is 48.7 Å². The molecule has 3 rings (SSSR count). The van der Waals surface area contributed by atoms with Crippen molar-refractivity contribution in [3.05, 3.63) is 64.5 Å². The number of hydrogen-bond donors (Lipinski definition) is 1. The van der Waals surface area contributed by atoms with Gasteiger partial charge in [0.25, 0.3) is 0 Å². The van der Waals surface area contributed by atoms with Crippen LogP contribution < -0.4 is 0 Å². The van der Waals surface area contributed by atoms with Gasteiger partial charge < -0.3 is 9.52 Å². The zero-order valence-electron chi connectivity index (χ0n) is 11.9. The molecule has 0 aliphatic carbocycles. The lowest BCUT2D eigenvalue weighted by Crippen LogP contribution is -1.94. The van der Waals surface area contributed by atoms with E-state index >= 15 is 0 Å². The summed E-state index contributed by atoms with van der Waals surface area (Å²) in [4.78, 5) is 15.3. The average molecular weight is 281 g/mol. The van der Waals surface area contributed by atoms with Crippen molar-refractivity contribution in [2.45, 2.75) is 20.3 Å². The van der Waals surface area contributed by atoms with Gasteiger partial charge in [-0.1, -0.05) is 18.2 Å². The molecule has 0 bridgehead atoms. The highest BCUT2D eigenvalue weighted by atomic mass is 16.4. The van der Waals surface area contributed by atoms with Gasteiger partial charge in [-0.2, -0.15) is 0 Å². The quantitative estimate of drug-likeness (QED) is 0.794. The van der Waals surface area contributed by atoms with Crippen LogP contribution in [0.25, 0.3) is 11.1 Å². The van der Waals surface area contributed by atoms with Gasteiger partial charge in [0.15, 0.2) is 11.5 Å². The Balaban J connectivity index is 1.93. The second kappa shape index (κ2) is 5.05. The molecule has 2 aromatic carbocycles. The van der Waals surface area contributed by atoms with Gasteiger partial charge in [0.1, 0.15) is 5.52 Å². The van der Waals surface area contributed by atoms with Crippen LogP contribution in [0.2, 0.25) is 0 Å². The summed E-state index contributed by atoms with van der Waals surface area (Å²) in [6.07, 6.45) is 0.595. The maximum absolute atomic E-state index is 11.0. The molecule has 1 aromatic heterocycles. The van der Waals surface area contributed by atoms with Gasteiger partial charge in [0.05, 0.1) is 5.56 Å². The minimum absolute atomic E-state index is 0.216. The lowest BCUT2D eigenvalue weighted by molar-refractivity contribution is 0.0697. The summed E-state index contributed by atoms with van der Waals surface area (Å²) in [6, 6.07) is 11.0. The fourth-order valence-electron chi connectivity index (χ4n) is 2.27. The number of carboxylic acids is 1. The lowest BCUT2D eigenvalue weighted by atomic mass is 10.0. The third-order valence-electron chi connectivity index (χ3n) is 3.61. The molecule has 4 nitrogen and oxygen atoms in total. The fraction of sp³-hybridized carbons (Fsp3) is 0.176. The highest BCUT2D eigenvalue weighted by Crippen LogP contribution is 2.20. The average Bonchev–Trinajstić information content (AvgIpc) is 2.84. The number of carbonyl (C=O) groups is 1. The number of aromatic carboxylic acids is 1. The third-order valence-corrected chi connectivity index (χ3v) is 3.61. The van der Waals surface area contributed by atoms with Crippen molar-refractivity contribution in [2.24, 2.45) is 0 Å². The van der Waals surface area contributed by atoms with Crippen molar-refractivity contribution in [3.63, 3.8) is 0 Å². The molecule has 0 spiro atoms. The van der Waals surface area contributed by atoms with Crippen molar-refractivity contribution in [1.29, 1.82) is 0 Å². The van der Waals surface area contributed by atoms with Crippen molar-refractivity contribution < 1.29 is 14.3 Å². The van der Waals surface area contributed by atoms with Crippen LogP contribution in [0.15, 0.2) is 40.8 Å². The smallest absolute Gasteiger partial charge is 0.335 e. The van der Waals surface area contributed by atoms with Crippen LogP contribution in [0, 0.1) is 13.8 Å². The van der Waals surface area contributed by atoms with Gasteiger partial charge >= 0.3 is 5.97 Å². The summed E-state index contributed by atoms with van der Waals surface area (Å²) in [5.41, 5.74) is 5.02. The van der Waals surface area contributed by atoms with Crippen LogP contribution in [-0.4, -0.2) is 16.1 Å². The largest absolute Gasteiger partial charge is 0.478 e. The number of aromatic nitrogens is 1. The normalized spacial score (nSPS) is 11.0. The van der Waals surface area contributed by atoms with Gasteiger partial charge in [-0.15, -0.1) is 0 Å². The molecule has 0 unspecified atom stereocenters. The maximum Gasteiger partial charge on any atom is 0.335 e. The Kier molecular flexibility index (Phi) is 3.22. The van der Waals surface area contributed by atoms with E-state index in [1.807, 2.05) is 0 Å². The Labute approximate surface area is 122 Å². The highest BCUT2D eigenvalue weighted by molar-refractivity contribution is 5.91. The van der Waals surface area contributed by atoms with Gasteiger partial charge in [0.2, 0.25) is 0 Å². The van der Waals surface area contributed by atoms with Crippen LogP contribution in [0.3, 0.4) is 0 Å². The number of rotatable bonds is 3. The van der Waals surface area contributed by atoms with Crippen LogP contribution in [0.4, 0.5) is 0 Å². The number of benzene rings is 2. The number of nitrogens with zero attached hydrogens (tertiary/aromatic N) is 1. The Hall–Kier alpha value is -2.62. The van der Waals surface area contributed by atoms with E-state index in [1.54, 1.807) is 6.07 Å². The number of aryl methyl sites for hydroxylation is 2. The minimum Gasteiger partial charge on any atom is -0.478 e. The molecule has 0 amide bonds. The molecule has 0 saturated carbocycles. The van der Waals surface area contributed by atoms with Crippen molar-refractivity contribution in [3.8, 4) is 0 Å². The second-order valence-corrected chi connectivity index (χ2v) is 5.19. The maximum atomic E-state index is 11.0. The molecule has 1 heterocycles. The topological polar surface area (TPSA) is 63.3 Å². The van der Waals surface area contributed by atoms with E-state index in [1.165, 1.54) is 23.3 Å². The Bertz CT molecular complexity index is 833. The number of hydrogen-bond acceptors (Lipinski definition) is 3. The third kappa shape index (κ3) is 2.65. The summed E-state index contributed by atoms with van der Waals surface area (Å²) in [7, 11) is 0. The summed E-state index contributed by atoms with van der Waals surface area (Å²) in [6.45, 7) is 4.15. The molecule has 0 saturated heterocycles. The SMILES string of the molecule is Cc1ccc(Cc2nc3cc(C(=O)O)ccc3o2)cc1C. The summed E-state index contributed by atoms with van der Waals surface area (Å²) in [5.74, 6) is -0.369. The number of fused-ring (bicyclic) bond motifs is 1.